The Morgan fingerprint density at radius 3 is 2.80 bits per heavy atom. The highest BCUT2D eigenvalue weighted by atomic mass is 79.9. The highest BCUT2D eigenvalue weighted by Gasteiger charge is 2.07. The zero-order valence-corrected chi connectivity index (χ0v) is 11.9. The zero-order chi connectivity index (χ0) is 11.3. The van der Waals surface area contributed by atoms with Crippen molar-refractivity contribution in [3.05, 3.63) is 28.2 Å². The summed E-state index contributed by atoms with van der Waals surface area (Å²) in [4.78, 5) is 1.39. The van der Waals surface area contributed by atoms with Crippen LogP contribution in [0.3, 0.4) is 0 Å². The molecule has 1 nitrogen and oxygen atoms in total. The van der Waals surface area contributed by atoms with Crippen LogP contribution in [0, 0.1) is 0 Å². The van der Waals surface area contributed by atoms with E-state index in [1.165, 1.54) is 16.9 Å². The molecule has 1 rings (SSSR count). The highest BCUT2D eigenvalue weighted by Crippen LogP contribution is 2.30. The summed E-state index contributed by atoms with van der Waals surface area (Å²) in [5.74, 6) is 0. The van der Waals surface area contributed by atoms with E-state index in [2.05, 4.69) is 53.3 Å². The molecule has 0 aromatic heterocycles. The fourth-order valence-electron chi connectivity index (χ4n) is 1.29. The maximum absolute atomic E-state index is 3.51. The van der Waals surface area contributed by atoms with Crippen molar-refractivity contribution in [1.29, 1.82) is 0 Å². The lowest BCUT2D eigenvalue weighted by atomic mass is 10.2. The minimum atomic E-state index is 0.682. The number of benzene rings is 1. The molecule has 0 aliphatic heterocycles. The van der Waals surface area contributed by atoms with E-state index in [0.29, 0.717) is 5.25 Å². The fourth-order valence-corrected chi connectivity index (χ4v) is 2.73. The van der Waals surface area contributed by atoms with Gasteiger partial charge < -0.3 is 5.32 Å². The summed E-state index contributed by atoms with van der Waals surface area (Å²) in [5, 5.41) is 3.89. The van der Waals surface area contributed by atoms with Crippen molar-refractivity contribution in [1.82, 2.24) is 5.32 Å². The first-order valence-electron chi connectivity index (χ1n) is 5.27. The molecule has 1 aromatic rings. The number of thioether (sulfide) groups is 1. The van der Waals surface area contributed by atoms with Gasteiger partial charge in [0.05, 0.1) is 0 Å². The molecule has 1 unspecified atom stereocenters. The van der Waals surface area contributed by atoms with Crippen LogP contribution in [0.2, 0.25) is 0 Å². The largest absolute Gasteiger partial charge is 0.316 e. The lowest BCUT2D eigenvalue weighted by molar-refractivity contribution is 0.801. The molecule has 0 saturated carbocycles. The van der Waals surface area contributed by atoms with E-state index in [-0.39, 0.29) is 0 Å². The average Bonchev–Trinajstić information content (AvgIpc) is 2.22. The third-order valence-electron chi connectivity index (χ3n) is 2.29. The topological polar surface area (TPSA) is 12.0 Å². The SMILES string of the molecule is CCC(C)Sc1ccc(Br)cc1CNC. The number of rotatable bonds is 5. The van der Waals surface area contributed by atoms with Crippen molar-refractivity contribution in [3.8, 4) is 0 Å². The molecule has 0 aliphatic carbocycles. The Bertz CT molecular complexity index is 314. The van der Waals surface area contributed by atoms with Crippen molar-refractivity contribution < 1.29 is 0 Å². The fraction of sp³-hybridized carbons (Fsp3) is 0.500. The summed E-state index contributed by atoms with van der Waals surface area (Å²) >= 11 is 5.47. The number of hydrogen-bond donors (Lipinski definition) is 1. The molecular weight excluding hydrogens is 270 g/mol. The molecule has 0 aliphatic rings. The summed E-state index contributed by atoms with van der Waals surface area (Å²) in [6.07, 6.45) is 1.21. The van der Waals surface area contributed by atoms with Gasteiger partial charge in [-0.2, -0.15) is 0 Å². The molecule has 1 aromatic carbocycles. The Hall–Kier alpha value is 0.01000. The number of nitrogens with one attached hydrogen (secondary N) is 1. The van der Waals surface area contributed by atoms with Crippen LogP contribution < -0.4 is 5.32 Å². The van der Waals surface area contributed by atoms with Crippen LogP contribution in [0.4, 0.5) is 0 Å². The molecule has 84 valence electrons. The van der Waals surface area contributed by atoms with Crippen molar-refractivity contribution in [3.63, 3.8) is 0 Å². The smallest absolute Gasteiger partial charge is 0.0214 e. The Balaban J connectivity index is 2.85. The van der Waals surface area contributed by atoms with Gasteiger partial charge in [0, 0.05) is 21.2 Å². The molecule has 15 heavy (non-hydrogen) atoms. The summed E-state index contributed by atoms with van der Waals surface area (Å²) in [5.41, 5.74) is 1.37. The van der Waals surface area contributed by atoms with E-state index < -0.39 is 0 Å². The summed E-state index contributed by atoms with van der Waals surface area (Å²) in [6, 6.07) is 6.51. The summed E-state index contributed by atoms with van der Waals surface area (Å²) < 4.78 is 1.15. The molecule has 0 bridgehead atoms. The van der Waals surface area contributed by atoms with Gasteiger partial charge in [-0.1, -0.05) is 29.8 Å². The van der Waals surface area contributed by atoms with Crippen LogP contribution in [-0.4, -0.2) is 12.3 Å². The normalized spacial score (nSPS) is 12.8. The third kappa shape index (κ3) is 4.17. The van der Waals surface area contributed by atoms with Gasteiger partial charge in [0.1, 0.15) is 0 Å². The third-order valence-corrected chi connectivity index (χ3v) is 4.17. The lowest BCUT2D eigenvalue weighted by Gasteiger charge is -2.13. The minimum absolute atomic E-state index is 0.682. The minimum Gasteiger partial charge on any atom is -0.316 e. The average molecular weight is 288 g/mol. The summed E-state index contributed by atoms with van der Waals surface area (Å²) in [7, 11) is 1.98. The molecular formula is C12H18BrNS. The number of halogens is 1. The summed E-state index contributed by atoms with van der Waals surface area (Å²) in [6.45, 7) is 5.43. The number of hydrogen-bond acceptors (Lipinski definition) is 2. The van der Waals surface area contributed by atoms with Crippen LogP contribution in [0.5, 0.6) is 0 Å². The van der Waals surface area contributed by atoms with Crippen molar-refractivity contribution in [2.75, 3.05) is 7.05 Å². The van der Waals surface area contributed by atoms with E-state index in [1.807, 2.05) is 18.8 Å². The Kier molecular flexibility index (Phi) is 5.72. The van der Waals surface area contributed by atoms with Crippen LogP contribution in [-0.2, 0) is 6.54 Å². The maximum Gasteiger partial charge on any atom is 0.0214 e. The van der Waals surface area contributed by atoms with Crippen molar-refractivity contribution in [2.24, 2.45) is 0 Å². The first-order valence-corrected chi connectivity index (χ1v) is 6.94. The standard InChI is InChI=1S/C12H18BrNS/c1-4-9(2)15-12-6-5-11(13)7-10(12)8-14-3/h5-7,9,14H,4,8H2,1-3H3. The van der Waals surface area contributed by atoms with E-state index in [9.17, 15) is 0 Å². The molecule has 3 heteroatoms. The monoisotopic (exact) mass is 287 g/mol. The Morgan fingerprint density at radius 1 is 1.47 bits per heavy atom. The predicted octanol–water partition coefficient (Wildman–Crippen LogP) is 4.06. The molecule has 0 fully saturated rings. The second-order valence-corrected chi connectivity index (χ2v) is 6.02. The van der Waals surface area contributed by atoms with E-state index in [1.54, 1.807) is 0 Å². The van der Waals surface area contributed by atoms with Crippen LogP contribution in [0.15, 0.2) is 27.6 Å². The van der Waals surface area contributed by atoms with Gasteiger partial charge in [0.25, 0.3) is 0 Å². The molecule has 0 heterocycles. The van der Waals surface area contributed by atoms with Gasteiger partial charge in [-0.25, -0.2) is 0 Å². The molecule has 0 saturated heterocycles. The Labute approximate surface area is 105 Å². The van der Waals surface area contributed by atoms with Gasteiger partial charge in [-0.05, 0) is 37.2 Å². The van der Waals surface area contributed by atoms with Gasteiger partial charge in [0.15, 0.2) is 0 Å². The highest BCUT2D eigenvalue weighted by molar-refractivity contribution is 9.10. The van der Waals surface area contributed by atoms with Crippen LogP contribution in [0.1, 0.15) is 25.8 Å². The lowest BCUT2D eigenvalue weighted by Crippen LogP contribution is -2.07. The molecule has 0 radical (unpaired) electrons. The molecule has 1 N–H and O–H groups in total. The van der Waals surface area contributed by atoms with E-state index in [4.69, 9.17) is 0 Å². The predicted molar refractivity (Wildman–Crippen MR) is 72.5 cm³/mol. The Morgan fingerprint density at radius 2 is 2.20 bits per heavy atom. The van der Waals surface area contributed by atoms with Crippen LogP contribution in [0.25, 0.3) is 0 Å². The quantitative estimate of drug-likeness (QED) is 0.820. The zero-order valence-electron chi connectivity index (χ0n) is 9.51. The van der Waals surface area contributed by atoms with Crippen LogP contribution >= 0.6 is 27.7 Å². The van der Waals surface area contributed by atoms with Gasteiger partial charge in [-0.15, -0.1) is 11.8 Å². The molecule has 0 amide bonds. The van der Waals surface area contributed by atoms with Gasteiger partial charge in [0.2, 0.25) is 0 Å². The van der Waals surface area contributed by atoms with E-state index in [0.717, 1.165) is 11.0 Å². The van der Waals surface area contributed by atoms with Crippen molar-refractivity contribution >= 4 is 27.7 Å². The van der Waals surface area contributed by atoms with Crippen molar-refractivity contribution in [2.45, 2.75) is 37.0 Å². The van der Waals surface area contributed by atoms with E-state index >= 15 is 0 Å². The molecule has 0 spiro atoms. The first kappa shape index (κ1) is 13.1. The second kappa shape index (κ2) is 6.56. The maximum atomic E-state index is 3.51. The molecule has 1 atom stereocenters. The van der Waals surface area contributed by atoms with Gasteiger partial charge >= 0.3 is 0 Å². The van der Waals surface area contributed by atoms with Gasteiger partial charge in [-0.3, -0.25) is 0 Å². The second-order valence-electron chi connectivity index (χ2n) is 3.62. The first-order chi connectivity index (χ1) is 7.17.